The van der Waals surface area contributed by atoms with Crippen molar-refractivity contribution in [3.8, 4) is 11.5 Å². The fraction of sp³-hybridized carbons (Fsp3) is 0.700. The topological polar surface area (TPSA) is 43.4 Å². The van der Waals surface area contributed by atoms with Gasteiger partial charge in [0.1, 0.15) is 0 Å². The molecule has 0 aliphatic carbocycles. The van der Waals surface area contributed by atoms with E-state index in [0.717, 1.165) is 83.4 Å². The zero-order valence-electron chi connectivity index (χ0n) is 15.9. The average Bonchev–Trinajstić information content (AvgIpc) is 3.14. The van der Waals surface area contributed by atoms with Gasteiger partial charge in [0.05, 0.1) is 39.6 Å². The van der Waals surface area contributed by atoms with Crippen LogP contribution in [0.4, 0.5) is 0 Å². The lowest BCUT2D eigenvalue weighted by Gasteiger charge is -2.26. The van der Waals surface area contributed by atoms with Gasteiger partial charge in [-0.1, -0.05) is 12.1 Å². The van der Waals surface area contributed by atoms with Crippen LogP contribution in [0.3, 0.4) is 0 Å². The molecule has 2 saturated heterocycles. The standard InChI is InChI=1S/C20H32N2O4/c1-23-19-5-2-3-6-20(19)26-13-4-8-22-9-7-18(17-22)25-16-12-21-10-14-24-15-11-21/h2-3,5-6,18H,4,7-17H2,1H3. The van der Waals surface area contributed by atoms with E-state index in [0.29, 0.717) is 12.7 Å². The molecule has 1 aromatic carbocycles. The first-order valence-electron chi connectivity index (χ1n) is 9.75. The number of ether oxygens (including phenoxy) is 4. The highest BCUT2D eigenvalue weighted by Crippen LogP contribution is 2.25. The summed E-state index contributed by atoms with van der Waals surface area (Å²) in [6.45, 7) is 9.55. The van der Waals surface area contributed by atoms with Crippen LogP contribution in [0.2, 0.25) is 0 Å². The number of likely N-dealkylation sites (tertiary alicyclic amines) is 1. The second-order valence-corrected chi connectivity index (χ2v) is 6.89. The third kappa shape index (κ3) is 6.13. The van der Waals surface area contributed by atoms with E-state index in [1.807, 2.05) is 24.3 Å². The van der Waals surface area contributed by atoms with Gasteiger partial charge in [-0.15, -0.1) is 0 Å². The minimum absolute atomic E-state index is 0.381. The third-order valence-corrected chi connectivity index (χ3v) is 5.04. The summed E-state index contributed by atoms with van der Waals surface area (Å²) < 4.78 is 22.6. The smallest absolute Gasteiger partial charge is 0.161 e. The van der Waals surface area contributed by atoms with Gasteiger partial charge in [0.15, 0.2) is 11.5 Å². The predicted octanol–water partition coefficient (Wildman–Crippen LogP) is 1.89. The molecule has 2 aliphatic rings. The predicted molar refractivity (Wildman–Crippen MR) is 101 cm³/mol. The molecule has 0 radical (unpaired) electrons. The second-order valence-electron chi connectivity index (χ2n) is 6.89. The van der Waals surface area contributed by atoms with E-state index in [9.17, 15) is 0 Å². The summed E-state index contributed by atoms with van der Waals surface area (Å²) in [7, 11) is 1.67. The number of benzene rings is 1. The molecule has 6 heteroatoms. The summed E-state index contributed by atoms with van der Waals surface area (Å²) >= 11 is 0. The number of hydrogen-bond acceptors (Lipinski definition) is 6. The Labute approximate surface area is 157 Å². The molecule has 3 rings (SSSR count). The van der Waals surface area contributed by atoms with E-state index in [-0.39, 0.29) is 0 Å². The van der Waals surface area contributed by atoms with Crippen LogP contribution in [-0.4, -0.2) is 88.7 Å². The Balaban J connectivity index is 1.25. The summed E-state index contributed by atoms with van der Waals surface area (Å²) in [5, 5.41) is 0. The largest absolute Gasteiger partial charge is 0.493 e. The summed E-state index contributed by atoms with van der Waals surface area (Å²) in [6.07, 6.45) is 2.53. The van der Waals surface area contributed by atoms with Gasteiger partial charge in [-0.2, -0.15) is 0 Å². The lowest BCUT2D eigenvalue weighted by atomic mass is 10.3. The van der Waals surface area contributed by atoms with Gasteiger partial charge in [-0.05, 0) is 25.0 Å². The highest BCUT2D eigenvalue weighted by molar-refractivity contribution is 5.39. The molecule has 1 atom stereocenters. The molecular formula is C20H32N2O4. The zero-order chi connectivity index (χ0) is 18.0. The molecule has 2 heterocycles. The van der Waals surface area contributed by atoms with Crippen molar-refractivity contribution >= 4 is 0 Å². The maximum atomic E-state index is 6.07. The van der Waals surface area contributed by atoms with Crippen LogP contribution in [0.5, 0.6) is 11.5 Å². The van der Waals surface area contributed by atoms with E-state index in [4.69, 9.17) is 18.9 Å². The van der Waals surface area contributed by atoms with Crippen molar-refractivity contribution in [2.45, 2.75) is 18.9 Å². The fourth-order valence-corrected chi connectivity index (χ4v) is 3.52. The molecule has 1 aromatic rings. The SMILES string of the molecule is COc1ccccc1OCCCN1CCC(OCCN2CCOCC2)C1. The van der Waals surface area contributed by atoms with Crippen molar-refractivity contribution in [3.05, 3.63) is 24.3 Å². The molecule has 0 saturated carbocycles. The molecule has 0 amide bonds. The number of morpholine rings is 1. The summed E-state index contributed by atoms with van der Waals surface area (Å²) in [4.78, 5) is 4.90. The molecule has 1 unspecified atom stereocenters. The molecule has 26 heavy (non-hydrogen) atoms. The Hall–Kier alpha value is -1.34. The normalized spacial score (nSPS) is 21.8. The van der Waals surface area contributed by atoms with Crippen LogP contribution >= 0.6 is 0 Å². The van der Waals surface area contributed by atoms with Gasteiger partial charge in [-0.3, -0.25) is 4.90 Å². The highest BCUT2D eigenvalue weighted by Gasteiger charge is 2.22. The van der Waals surface area contributed by atoms with Crippen molar-refractivity contribution in [1.29, 1.82) is 0 Å². The van der Waals surface area contributed by atoms with E-state index < -0.39 is 0 Å². The van der Waals surface area contributed by atoms with Crippen LogP contribution < -0.4 is 9.47 Å². The van der Waals surface area contributed by atoms with Crippen molar-refractivity contribution in [1.82, 2.24) is 9.80 Å². The quantitative estimate of drug-likeness (QED) is 0.591. The van der Waals surface area contributed by atoms with Crippen molar-refractivity contribution < 1.29 is 18.9 Å². The van der Waals surface area contributed by atoms with E-state index in [2.05, 4.69) is 9.80 Å². The van der Waals surface area contributed by atoms with E-state index >= 15 is 0 Å². The van der Waals surface area contributed by atoms with Gasteiger partial charge in [0.25, 0.3) is 0 Å². The minimum atomic E-state index is 0.381. The summed E-state index contributed by atoms with van der Waals surface area (Å²) in [5.41, 5.74) is 0. The first-order chi connectivity index (χ1) is 12.8. The van der Waals surface area contributed by atoms with Crippen molar-refractivity contribution in [2.75, 3.05) is 72.8 Å². The number of rotatable bonds is 10. The molecule has 2 fully saturated rings. The highest BCUT2D eigenvalue weighted by atomic mass is 16.5. The molecule has 0 bridgehead atoms. The van der Waals surface area contributed by atoms with E-state index in [1.165, 1.54) is 0 Å². The first kappa shape index (κ1) is 19.4. The lowest BCUT2D eigenvalue weighted by molar-refractivity contribution is 0.00412. The van der Waals surface area contributed by atoms with Gasteiger partial charge in [0, 0.05) is 39.3 Å². The Bertz CT molecular complexity index is 522. The molecule has 0 aromatic heterocycles. The molecule has 146 valence electrons. The van der Waals surface area contributed by atoms with Gasteiger partial charge in [0.2, 0.25) is 0 Å². The minimum Gasteiger partial charge on any atom is -0.493 e. The molecule has 2 aliphatic heterocycles. The average molecular weight is 364 g/mol. The zero-order valence-corrected chi connectivity index (χ0v) is 15.9. The van der Waals surface area contributed by atoms with Crippen LogP contribution in [0, 0.1) is 0 Å². The second kappa shape index (κ2) is 10.7. The van der Waals surface area contributed by atoms with Crippen LogP contribution in [0.1, 0.15) is 12.8 Å². The van der Waals surface area contributed by atoms with E-state index in [1.54, 1.807) is 7.11 Å². The lowest BCUT2D eigenvalue weighted by Crippen LogP contribution is -2.38. The third-order valence-electron chi connectivity index (χ3n) is 5.04. The van der Waals surface area contributed by atoms with Gasteiger partial charge >= 0.3 is 0 Å². The molecule has 6 nitrogen and oxygen atoms in total. The van der Waals surface area contributed by atoms with Crippen molar-refractivity contribution in [3.63, 3.8) is 0 Å². The Morgan fingerprint density at radius 3 is 2.62 bits per heavy atom. The Morgan fingerprint density at radius 2 is 1.81 bits per heavy atom. The fourth-order valence-electron chi connectivity index (χ4n) is 3.52. The molecular weight excluding hydrogens is 332 g/mol. The maximum Gasteiger partial charge on any atom is 0.161 e. The Morgan fingerprint density at radius 1 is 1.00 bits per heavy atom. The Kier molecular flexibility index (Phi) is 8.01. The summed E-state index contributed by atoms with van der Waals surface area (Å²) in [6, 6.07) is 7.80. The molecule has 0 spiro atoms. The van der Waals surface area contributed by atoms with Crippen molar-refractivity contribution in [2.24, 2.45) is 0 Å². The number of methoxy groups -OCH3 is 1. The summed E-state index contributed by atoms with van der Waals surface area (Å²) in [5.74, 6) is 1.61. The number of para-hydroxylation sites is 2. The molecule has 0 N–H and O–H groups in total. The van der Waals surface area contributed by atoms with Crippen LogP contribution in [0.25, 0.3) is 0 Å². The van der Waals surface area contributed by atoms with Gasteiger partial charge in [-0.25, -0.2) is 0 Å². The maximum absolute atomic E-state index is 6.07. The number of nitrogens with zero attached hydrogens (tertiary/aromatic N) is 2. The monoisotopic (exact) mass is 364 g/mol. The number of hydrogen-bond donors (Lipinski definition) is 0. The van der Waals surface area contributed by atoms with Gasteiger partial charge < -0.3 is 23.8 Å². The van der Waals surface area contributed by atoms with Crippen LogP contribution in [-0.2, 0) is 9.47 Å². The first-order valence-corrected chi connectivity index (χ1v) is 9.75. The van der Waals surface area contributed by atoms with Crippen LogP contribution in [0.15, 0.2) is 24.3 Å².